The molecular formula is C20H22N4O. The van der Waals surface area contributed by atoms with Crippen LogP contribution in [0.4, 0.5) is 5.82 Å². The molecule has 0 radical (unpaired) electrons. The van der Waals surface area contributed by atoms with Gasteiger partial charge in [-0.1, -0.05) is 29.4 Å². The maximum absolute atomic E-state index is 5.36. The van der Waals surface area contributed by atoms with Crippen LogP contribution in [0.2, 0.25) is 0 Å². The van der Waals surface area contributed by atoms with Crippen LogP contribution < -0.4 is 4.90 Å². The number of pyridine rings is 1. The first-order chi connectivity index (χ1) is 12.2. The summed E-state index contributed by atoms with van der Waals surface area (Å²) in [4.78, 5) is 11.3. The zero-order chi connectivity index (χ0) is 17.2. The second kappa shape index (κ2) is 6.67. The van der Waals surface area contributed by atoms with Crippen LogP contribution in [0.15, 0.2) is 47.1 Å². The zero-order valence-electron chi connectivity index (χ0n) is 14.6. The van der Waals surface area contributed by atoms with Crippen LogP contribution in [0.3, 0.4) is 0 Å². The minimum Gasteiger partial charge on any atom is -0.356 e. The molecule has 5 heteroatoms. The highest BCUT2D eigenvalue weighted by Crippen LogP contribution is 2.34. The number of aromatic nitrogens is 3. The number of hydrogen-bond acceptors (Lipinski definition) is 5. The van der Waals surface area contributed by atoms with E-state index in [0.717, 1.165) is 37.3 Å². The Labute approximate surface area is 147 Å². The van der Waals surface area contributed by atoms with E-state index < -0.39 is 0 Å². The van der Waals surface area contributed by atoms with E-state index in [1.807, 2.05) is 25.3 Å². The molecule has 4 rings (SSSR count). The minimum atomic E-state index is 0.543. The number of piperidine rings is 1. The summed E-state index contributed by atoms with van der Waals surface area (Å²) in [6, 6.07) is 12.6. The minimum absolute atomic E-state index is 0.543. The second-order valence-corrected chi connectivity index (χ2v) is 6.64. The summed E-state index contributed by atoms with van der Waals surface area (Å²) in [5, 5.41) is 3.91. The first kappa shape index (κ1) is 15.8. The Hall–Kier alpha value is -2.69. The zero-order valence-corrected chi connectivity index (χ0v) is 14.6. The lowest BCUT2D eigenvalue weighted by Gasteiger charge is -2.34. The summed E-state index contributed by atoms with van der Waals surface area (Å²) in [6.07, 6.45) is 4.09. The van der Waals surface area contributed by atoms with Gasteiger partial charge in [0.2, 0.25) is 0 Å². The molecule has 0 amide bonds. The van der Waals surface area contributed by atoms with Gasteiger partial charge in [-0.25, -0.2) is 4.98 Å². The molecule has 3 heterocycles. The maximum atomic E-state index is 5.36. The molecule has 0 N–H and O–H groups in total. The molecule has 0 bridgehead atoms. The van der Waals surface area contributed by atoms with Crippen molar-refractivity contribution in [2.45, 2.75) is 32.6 Å². The average molecular weight is 334 g/mol. The van der Waals surface area contributed by atoms with E-state index in [2.05, 4.69) is 51.2 Å². The summed E-state index contributed by atoms with van der Waals surface area (Å²) < 4.78 is 5.36. The van der Waals surface area contributed by atoms with E-state index in [4.69, 9.17) is 4.52 Å². The van der Waals surface area contributed by atoms with Gasteiger partial charge in [-0.2, -0.15) is 4.98 Å². The third kappa shape index (κ3) is 3.14. The molecule has 5 nitrogen and oxygen atoms in total. The van der Waals surface area contributed by atoms with Crippen LogP contribution >= 0.6 is 0 Å². The smallest absolute Gasteiger partial charge is 0.261 e. The van der Waals surface area contributed by atoms with Crippen molar-refractivity contribution in [1.29, 1.82) is 0 Å². The normalized spacial score (nSPS) is 15.5. The summed E-state index contributed by atoms with van der Waals surface area (Å²) in [7, 11) is 0. The van der Waals surface area contributed by atoms with E-state index >= 15 is 0 Å². The first-order valence-corrected chi connectivity index (χ1v) is 8.78. The van der Waals surface area contributed by atoms with Gasteiger partial charge in [0.15, 0.2) is 5.82 Å². The molecule has 0 aliphatic carbocycles. The third-order valence-electron chi connectivity index (χ3n) is 4.97. The fourth-order valence-electron chi connectivity index (χ4n) is 3.67. The highest BCUT2D eigenvalue weighted by Gasteiger charge is 2.25. The lowest BCUT2D eigenvalue weighted by Crippen LogP contribution is -2.34. The summed E-state index contributed by atoms with van der Waals surface area (Å²) >= 11 is 0. The summed E-state index contributed by atoms with van der Waals surface area (Å²) in [5.41, 5.74) is 3.79. The van der Waals surface area contributed by atoms with Crippen LogP contribution in [0.5, 0.6) is 0 Å². The lowest BCUT2D eigenvalue weighted by atomic mass is 9.87. The molecule has 128 valence electrons. The van der Waals surface area contributed by atoms with Crippen molar-refractivity contribution in [2.24, 2.45) is 0 Å². The maximum Gasteiger partial charge on any atom is 0.261 e. The standard InChI is InChI=1S/C20H22N4O/c1-14-6-3-4-7-17(14)16-9-12-24(13-10-16)19-18(8-5-11-21-19)20-22-15(2)23-25-20/h3-8,11,16H,9-10,12-13H2,1-2H3. The molecule has 3 aromatic rings. The molecule has 1 fully saturated rings. The molecule has 2 aromatic heterocycles. The van der Waals surface area contributed by atoms with Gasteiger partial charge in [-0.05, 0) is 55.9 Å². The monoisotopic (exact) mass is 334 g/mol. The Bertz CT molecular complexity index is 865. The van der Waals surface area contributed by atoms with Crippen molar-refractivity contribution < 1.29 is 4.52 Å². The molecule has 1 aliphatic rings. The van der Waals surface area contributed by atoms with E-state index in [1.54, 1.807) is 0 Å². The van der Waals surface area contributed by atoms with Gasteiger partial charge in [-0.15, -0.1) is 0 Å². The van der Waals surface area contributed by atoms with Gasteiger partial charge in [0.05, 0.1) is 5.56 Å². The number of aryl methyl sites for hydroxylation is 2. The number of anilines is 1. The van der Waals surface area contributed by atoms with E-state index in [-0.39, 0.29) is 0 Å². The van der Waals surface area contributed by atoms with Crippen molar-refractivity contribution >= 4 is 5.82 Å². The number of hydrogen-bond donors (Lipinski definition) is 0. The Balaban J connectivity index is 1.55. The molecule has 0 saturated carbocycles. The average Bonchev–Trinajstić information content (AvgIpc) is 3.09. The van der Waals surface area contributed by atoms with Gasteiger partial charge < -0.3 is 9.42 Å². The first-order valence-electron chi connectivity index (χ1n) is 8.78. The van der Waals surface area contributed by atoms with Crippen LogP contribution in [0, 0.1) is 13.8 Å². The Morgan fingerprint density at radius 2 is 1.84 bits per heavy atom. The van der Waals surface area contributed by atoms with Gasteiger partial charge in [0.1, 0.15) is 5.82 Å². The molecule has 1 saturated heterocycles. The Kier molecular flexibility index (Phi) is 4.22. The van der Waals surface area contributed by atoms with Crippen LogP contribution in [-0.2, 0) is 0 Å². The molecule has 25 heavy (non-hydrogen) atoms. The van der Waals surface area contributed by atoms with Gasteiger partial charge in [0.25, 0.3) is 5.89 Å². The van der Waals surface area contributed by atoms with Gasteiger partial charge >= 0.3 is 0 Å². The molecule has 0 atom stereocenters. The SMILES string of the molecule is Cc1noc(-c2cccnc2N2CCC(c3ccccc3C)CC2)n1. The van der Waals surface area contributed by atoms with Crippen molar-refractivity contribution in [3.63, 3.8) is 0 Å². The fourth-order valence-corrected chi connectivity index (χ4v) is 3.67. The van der Waals surface area contributed by atoms with E-state index in [1.165, 1.54) is 11.1 Å². The number of benzene rings is 1. The Morgan fingerprint density at radius 1 is 1.04 bits per heavy atom. The van der Waals surface area contributed by atoms with E-state index in [0.29, 0.717) is 17.6 Å². The predicted molar refractivity (Wildman–Crippen MR) is 97.6 cm³/mol. The summed E-state index contributed by atoms with van der Waals surface area (Å²) in [6.45, 7) is 6.00. The molecular weight excluding hydrogens is 312 g/mol. The summed E-state index contributed by atoms with van der Waals surface area (Å²) in [5.74, 6) is 2.74. The molecule has 1 aromatic carbocycles. The van der Waals surface area contributed by atoms with Crippen molar-refractivity contribution in [3.8, 4) is 11.5 Å². The topological polar surface area (TPSA) is 55.1 Å². The highest BCUT2D eigenvalue weighted by atomic mass is 16.5. The van der Waals surface area contributed by atoms with Gasteiger partial charge in [0, 0.05) is 19.3 Å². The van der Waals surface area contributed by atoms with Crippen molar-refractivity contribution in [3.05, 3.63) is 59.5 Å². The number of rotatable bonds is 3. The highest BCUT2D eigenvalue weighted by molar-refractivity contribution is 5.69. The number of nitrogens with zero attached hydrogens (tertiary/aromatic N) is 4. The third-order valence-corrected chi connectivity index (χ3v) is 4.97. The predicted octanol–water partition coefficient (Wildman–Crippen LogP) is 4.13. The molecule has 1 aliphatic heterocycles. The quantitative estimate of drug-likeness (QED) is 0.721. The van der Waals surface area contributed by atoms with Crippen molar-refractivity contribution in [2.75, 3.05) is 18.0 Å². The second-order valence-electron chi connectivity index (χ2n) is 6.64. The van der Waals surface area contributed by atoms with Crippen LogP contribution in [-0.4, -0.2) is 28.2 Å². The van der Waals surface area contributed by atoms with Crippen LogP contribution in [0.25, 0.3) is 11.5 Å². The lowest BCUT2D eigenvalue weighted by molar-refractivity contribution is 0.425. The Morgan fingerprint density at radius 3 is 2.56 bits per heavy atom. The molecule has 0 spiro atoms. The molecule has 0 unspecified atom stereocenters. The van der Waals surface area contributed by atoms with Gasteiger partial charge in [-0.3, -0.25) is 0 Å². The largest absolute Gasteiger partial charge is 0.356 e. The van der Waals surface area contributed by atoms with E-state index in [9.17, 15) is 0 Å². The fraction of sp³-hybridized carbons (Fsp3) is 0.350. The van der Waals surface area contributed by atoms with Crippen LogP contribution in [0.1, 0.15) is 35.7 Å². The van der Waals surface area contributed by atoms with Crippen molar-refractivity contribution in [1.82, 2.24) is 15.1 Å².